The zero-order chi connectivity index (χ0) is 23.7. The minimum Gasteiger partial charge on any atom is -0.394 e. The molecule has 2 saturated heterocycles. The molecular weight excluding hydrogens is 428 g/mol. The van der Waals surface area contributed by atoms with Crippen LogP contribution in [-0.4, -0.2) is 119 Å². The molecule has 10 atom stereocenters. The van der Waals surface area contributed by atoms with E-state index in [0.29, 0.717) is 6.61 Å². The van der Waals surface area contributed by atoms with E-state index in [1.54, 1.807) is 0 Å². The second kappa shape index (κ2) is 14.1. The highest BCUT2D eigenvalue weighted by molar-refractivity contribution is 4.92. The van der Waals surface area contributed by atoms with Crippen LogP contribution >= 0.6 is 0 Å². The third-order valence-electron chi connectivity index (χ3n) is 5.97. The Balaban J connectivity index is 1.84. The van der Waals surface area contributed by atoms with Gasteiger partial charge in [-0.3, -0.25) is 0 Å². The van der Waals surface area contributed by atoms with Crippen LogP contribution in [0, 0.1) is 0 Å². The first kappa shape index (κ1) is 27.8. The fourth-order valence-electron chi connectivity index (χ4n) is 3.94. The van der Waals surface area contributed by atoms with Gasteiger partial charge in [-0.25, -0.2) is 0 Å². The third kappa shape index (κ3) is 7.28. The first-order chi connectivity index (χ1) is 15.3. The summed E-state index contributed by atoms with van der Waals surface area (Å²) >= 11 is 0. The molecule has 2 aliphatic heterocycles. The van der Waals surface area contributed by atoms with E-state index >= 15 is 0 Å². The van der Waals surface area contributed by atoms with Crippen molar-refractivity contribution in [3.8, 4) is 0 Å². The minimum absolute atomic E-state index is 0.327. The van der Waals surface area contributed by atoms with Crippen LogP contribution in [0.15, 0.2) is 0 Å². The van der Waals surface area contributed by atoms with Crippen LogP contribution in [0.3, 0.4) is 0 Å². The maximum Gasteiger partial charge on any atom is 0.186 e. The van der Waals surface area contributed by atoms with Crippen LogP contribution in [-0.2, 0) is 23.7 Å². The van der Waals surface area contributed by atoms with Crippen LogP contribution in [0.25, 0.3) is 0 Å². The molecule has 2 fully saturated rings. The van der Waals surface area contributed by atoms with E-state index in [9.17, 15) is 30.6 Å². The number of ether oxygens (including phenoxy) is 5. The normalized spacial score (nSPS) is 40.5. The molecule has 11 heteroatoms. The van der Waals surface area contributed by atoms with Crippen molar-refractivity contribution in [3.63, 3.8) is 0 Å². The Morgan fingerprint density at radius 2 is 1.28 bits per heavy atom. The first-order valence-electron chi connectivity index (χ1n) is 11.4. The van der Waals surface area contributed by atoms with Crippen molar-refractivity contribution < 1.29 is 54.3 Å². The van der Waals surface area contributed by atoms with Crippen molar-refractivity contribution in [2.45, 2.75) is 107 Å². The summed E-state index contributed by atoms with van der Waals surface area (Å²) in [5.41, 5.74) is 0. The van der Waals surface area contributed by atoms with Gasteiger partial charge < -0.3 is 54.3 Å². The Hall–Kier alpha value is -0.440. The van der Waals surface area contributed by atoms with Crippen molar-refractivity contribution in [1.29, 1.82) is 0 Å². The predicted octanol–water partition coefficient (Wildman–Crippen LogP) is -1.36. The number of unbranched alkanes of at least 4 members (excludes halogenated alkanes) is 5. The van der Waals surface area contributed by atoms with Gasteiger partial charge in [0.15, 0.2) is 12.6 Å². The van der Waals surface area contributed by atoms with E-state index in [-0.39, 0.29) is 6.61 Å². The summed E-state index contributed by atoms with van der Waals surface area (Å²) in [6, 6.07) is 0. The monoisotopic (exact) mass is 468 g/mol. The molecule has 0 aromatic heterocycles. The summed E-state index contributed by atoms with van der Waals surface area (Å²) in [5, 5.41) is 60.5. The summed E-state index contributed by atoms with van der Waals surface area (Å²) in [7, 11) is 1.32. The lowest BCUT2D eigenvalue weighted by Gasteiger charge is -2.43. The predicted molar refractivity (Wildman–Crippen MR) is 111 cm³/mol. The quantitative estimate of drug-likeness (QED) is 0.177. The average Bonchev–Trinajstić information content (AvgIpc) is 2.79. The number of aliphatic hydroxyl groups is 6. The summed E-state index contributed by atoms with van der Waals surface area (Å²) in [4.78, 5) is 0. The third-order valence-corrected chi connectivity index (χ3v) is 5.97. The van der Waals surface area contributed by atoms with Gasteiger partial charge >= 0.3 is 0 Å². The lowest BCUT2D eigenvalue weighted by Crippen LogP contribution is -2.62. The van der Waals surface area contributed by atoms with Gasteiger partial charge in [-0.1, -0.05) is 39.0 Å². The van der Waals surface area contributed by atoms with E-state index in [1.807, 2.05) is 0 Å². The molecular formula is C21H40O11. The van der Waals surface area contributed by atoms with Gasteiger partial charge in [-0.05, 0) is 6.42 Å². The smallest absolute Gasteiger partial charge is 0.186 e. The number of rotatable bonds is 13. The van der Waals surface area contributed by atoms with Crippen molar-refractivity contribution in [1.82, 2.24) is 0 Å². The maximum atomic E-state index is 10.3. The molecule has 0 unspecified atom stereocenters. The fraction of sp³-hybridized carbons (Fsp3) is 1.00. The van der Waals surface area contributed by atoms with Gasteiger partial charge in [-0.15, -0.1) is 0 Å². The SMILES string of the molecule is CCCCCCCCO[C@H]1O[C@H](CO[C@H]2O[C@H](CO)[C@@H](OC)[C@H](O)[C@@H]2O)[C@@H](O)[C@H](O)[C@@H]1O. The van der Waals surface area contributed by atoms with E-state index in [0.717, 1.165) is 32.1 Å². The lowest BCUT2D eigenvalue weighted by molar-refractivity contribution is -0.332. The number of hydrogen-bond acceptors (Lipinski definition) is 11. The highest BCUT2D eigenvalue weighted by Gasteiger charge is 2.47. The molecule has 11 nitrogen and oxygen atoms in total. The van der Waals surface area contributed by atoms with Crippen LogP contribution in [0.4, 0.5) is 0 Å². The lowest BCUT2D eigenvalue weighted by atomic mass is 9.98. The Labute approximate surface area is 188 Å². The molecule has 0 amide bonds. The van der Waals surface area contributed by atoms with Crippen molar-refractivity contribution >= 4 is 0 Å². The standard InChI is InChI=1S/C21H40O11/c1-3-4-5-6-7-8-9-29-20-17(26)15(24)14(23)13(32-20)11-30-21-18(27)16(25)19(28-2)12(10-22)31-21/h12-27H,3-11H2,1-2H3/t12-,13-,14-,15+,16-,17+,18+,19-,20+,21+/m1/s1. The molecule has 6 N–H and O–H groups in total. The van der Waals surface area contributed by atoms with E-state index in [2.05, 4.69) is 6.92 Å². The summed E-state index contributed by atoms with van der Waals surface area (Å²) in [6.45, 7) is 1.68. The molecule has 0 aromatic carbocycles. The van der Waals surface area contributed by atoms with E-state index in [4.69, 9.17) is 23.7 Å². The Morgan fingerprint density at radius 3 is 1.94 bits per heavy atom. The molecule has 2 aliphatic rings. The molecule has 0 radical (unpaired) electrons. The number of hydrogen-bond donors (Lipinski definition) is 6. The summed E-state index contributed by atoms with van der Waals surface area (Å²) in [5.74, 6) is 0. The number of aliphatic hydroxyl groups excluding tert-OH is 6. The summed E-state index contributed by atoms with van der Waals surface area (Å²) in [6.07, 6.45) is -6.31. The zero-order valence-electron chi connectivity index (χ0n) is 18.9. The van der Waals surface area contributed by atoms with Gasteiger partial charge in [0, 0.05) is 13.7 Å². The Morgan fingerprint density at radius 1 is 0.688 bits per heavy atom. The van der Waals surface area contributed by atoms with E-state index < -0.39 is 68.0 Å². The largest absolute Gasteiger partial charge is 0.394 e. The maximum absolute atomic E-state index is 10.3. The van der Waals surface area contributed by atoms with Gasteiger partial charge in [-0.2, -0.15) is 0 Å². The highest BCUT2D eigenvalue weighted by atomic mass is 16.7. The first-order valence-corrected chi connectivity index (χ1v) is 11.4. The molecule has 0 spiro atoms. The molecule has 0 bridgehead atoms. The number of methoxy groups -OCH3 is 1. The molecule has 2 rings (SSSR count). The van der Waals surface area contributed by atoms with Crippen molar-refractivity contribution in [2.75, 3.05) is 26.9 Å². The highest BCUT2D eigenvalue weighted by Crippen LogP contribution is 2.27. The van der Waals surface area contributed by atoms with Gasteiger partial charge in [0.1, 0.15) is 48.8 Å². The Bertz CT molecular complexity index is 508. The molecule has 2 heterocycles. The van der Waals surface area contributed by atoms with Gasteiger partial charge in [0.25, 0.3) is 0 Å². The van der Waals surface area contributed by atoms with Crippen LogP contribution in [0.2, 0.25) is 0 Å². The van der Waals surface area contributed by atoms with Crippen LogP contribution in [0.1, 0.15) is 45.4 Å². The fourth-order valence-corrected chi connectivity index (χ4v) is 3.94. The van der Waals surface area contributed by atoms with Crippen LogP contribution in [0.5, 0.6) is 0 Å². The molecule has 190 valence electrons. The van der Waals surface area contributed by atoms with Crippen molar-refractivity contribution in [2.24, 2.45) is 0 Å². The second-order valence-electron chi connectivity index (χ2n) is 8.39. The molecule has 0 saturated carbocycles. The summed E-state index contributed by atoms with van der Waals surface area (Å²) < 4.78 is 27.2. The van der Waals surface area contributed by atoms with Crippen LogP contribution < -0.4 is 0 Å². The second-order valence-corrected chi connectivity index (χ2v) is 8.39. The molecule has 0 aliphatic carbocycles. The minimum atomic E-state index is -1.52. The van der Waals surface area contributed by atoms with Gasteiger partial charge in [0.2, 0.25) is 0 Å². The van der Waals surface area contributed by atoms with Gasteiger partial charge in [0.05, 0.1) is 13.2 Å². The zero-order valence-corrected chi connectivity index (χ0v) is 18.9. The van der Waals surface area contributed by atoms with Crippen molar-refractivity contribution in [3.05, 3.63) is 0 Å². The molecule has 32 heavy (non-hydrogen) atoms. The van der Waals surface area contributed by atoms with E-state index in [1.165, 1.54) is 13.5 Å². The Kier molecular flexibility index (Phi) is 12.2. The topological polar surface area (TPSA) is 168 Å². The molecule has 0 aromatic rings. The average molecular weight is 469 g/mol.